The van der Waals surface area contributed by atoms with Crippen molar-refractivity contribution in [3.8, 4) is 0 Å². The molecule has 1 aliphatic rings. The molecule has 2 aromatic heterocycles. The van der Waals surface area contributed by atoms with E-state index in [-0.39, 0.29) is 11.7 Å². The second-order valence-corrected chi connectivity index (χ2v) is 7.32. The molecule has 1 aliphatic heterocycles. The highest BCUT2D eigenvalue weighted by Crippen LogP contribution is 2.15. The molecular formula is C14H18N6O2S2. The SMILES string of the molecule is Cn1nnnc1SCC(=O)N1CCN(CC(=O)c2cccs2)CC1. The smallest absolute Gasteiger partial charge is 0.233 e. The Morgan fingerprint density at radius 2 is 2.08 bits per heavy atom. The van der Waals surface area contributed by atoms with Crippen LogP contribution >= 0.6 is 23.1 Å². The lowest BCUT2D eigenvalue weighted by atomic mass is 10.2. The molecular weight excluding hydrogens is 348 g/mol. The van der Waals surface area contributed by atoms with Crippen LogP contribution in [-0.2, 0) is 11.8 Å². The number of hydrogen-bond donors (Lipinski definition) is 0. The predicted octanol–water partition coefficient (Wildman–Crippen LogP) is 0.391. The average Bonchev–Trinajstić information content (AvgIpc) is 3.25. The van der Waals surface area contributed by atoms with Crippen molar-refractivity contribution in [3.05, 3.63) is 22.4 Å². The molecule has 24 heavy (non-hydrogen) atoms. The molecule has 10 heteroatoms. The molecule has 0 bridgehead atoms. The Hall–Kier alpha value is -1.78. The largest absolute Gasteiger partial charge is 0.339 e. The minimum atomic E-state index is 0.0761. The summed E-state index contributed by atoms with van der Waals surface area (Å²) in [6.07, 6.45) is 0. The van der Waals surface area contributed by atoms with E-state index >= 15 is 0 Å². The Bertz CT molecular complexity index is 694. The van der Waals surface area contributed by atoms with Crippen LogP contribution in [0.15, 0.2) is 22.7 Å². The third-order valence-electron chi connectivity index (χ3n) is 3.79. The Morgan fingerprint density at radius 1 is 1.29 bits per heavy atom. The van der Waals surface area contributed by atoms with Crippen molar-refractivity contribution in [3.63, 3.8) is 0 Å². The number of hydrogen-bond acceptors (Lipinski definition) is 8. The fourth-order valence-corrected chi connectivity index (χ4v) is 3.84. The molecule has 0 spiro atoms. The van der Waals surface area contributed by atoms with Gasteiger partial charge in [0.15, 0.2) is 5.78 Å². The van der Waals surface area contributed by atoms with Crippen molar-refractivity contribution in [2.45, 2.75) is 5.16 Å². The van der Waals surface area contributed by atoms with E-state index < -0.39 is 0 Å². The molecule has 2 aromatic rings. The first-order valence-corrected chi connectivity index (χ1v) is 9.42. The maximum atomic E-state index is 12.3. The molecule has 0 aromatic carbocycles. The van der Waals surface area contributed by atoms with Gasteiger partial charge < -0.3 is 4.90 Å². The van der Waals surface area contributed by atoms with Gasteiger partial charge in [0.05, 0.1) is 17.2 Å². The van der Waals surface area contributed by atoms with E-state index in [1.165, 1.54) is 23.1 Å². The van der Waals surface area contributed by atoms with Gasteiger partial charge in [0.1, 0.15) is 0 Å². The number of thiophene rings is 1. The van der Waals surface area contributed by atoms with E-state index in [9.17, 15) is 9.59 Å². The first-order valence-electron chi connectivity index (χ1n) is 7.55. The number of tetrazole rings is 1. The van der Waals surface area contributed by atoms with E-state index in [1.807, 2.05) is 22.4 Å². The molecule has 1 saturated heterocycles. The van der Waals surface area contributed by atoms with Crippen LogP contribution in [0.4, 0.5) is 0 Å². The van der Waals surface area contributed by atoms with Gasteiger partial charge in [-0.2, -0.15) is 0 Å². The number of piperazine rings is 1. The number of aryl methyl sites for hydroxylation is 1. The third kappa shape index (κ3) is 4.19. The first kappa shape index (κ1) is 17.1. The zero-order chi connectivity index (χ0) is 16.9. The van der Waals surface area contributed by atoms with Crippen LogP contribution in [0, 0.1) is 0 Å². The van der Waals surface area contributed by atoms with Gasteiger partial charge in [-0.15, -0.1) is 16.4 Å². The molecule has 128 valence electrons. The van der Waals surface area contributed by atoms with Crippen LogP contribution in [0.25, 0.3) is 0 Å². The van der Waals surface area contributed by atoms with Crippen molar-refractivity contribution in [1.82, 2.24) is 30.0 Å². The number of ketones is 1. The van der Waals surface area contributed by atoms with Crippen molar-refractivity contribution < 1.29 is 9.59 Å². The van der Waals surface area contributed by atoms with Gasteiger partial charge in [0.25, 0.3) is 0 Å². The van der Waals surface area contributed by atoms with Gasteiger partial charge in [-0.05, 0) is 21.9 Å². The molecule has 8 nitrogen and oxygen atoms in total. The Labute approximate surface area is 147 Å². The average molecular weight is 366 g/mol. The molecule has 0 saturated carbocycles. The minimum absolute atomic E-state index is 0.0761. The molecule has 0 unspecified atom stereocenters. The van der Waals surface area contributed by atoms with Gasteiger partial charge in [-0.25, -0.2) is 4.68 Å². The first-order chi connectivity index (χ1) is 11.6. The van der Waals surface area contributed by atoms with E-state index in [1.54, 1.807) is 11.7 Å². The number of amides is 1. The summed E-state index contributed by atoms with van der Waals surface area (Å²) in [6.45, 7) is 3.16. The normalized spacial score (nSPS) is 15.6. The topological polar surface area (TPSA) is 84.2 Å². The standard InChI is InChI=1S/C14H18N6O2S2/c1-18-14(15-16-17-18)24-10-13(22)20-6-4-19(5-7-20)9-11(21)12-3-2-8-23-12/h2-3,8H,4-7,9-10H2,1H3. The van der Waals surface area contributed by atoms with Crippen LogP contribution < -0.4 is 0 Å². The highest BCUT2D eigenvalue weighted by molar-refractivity contribution is 7.99. The number of aromatic nitrogens is 4. The van der Waals surface area contributed by atoms with E-state index in [0.717, 1.165) is 18.0 Å². The van der Waals surface area contributed by atoms with Crippen molar-refractivity contribution >= 4 is 34.8 Å². The second-order valence-electron chi connectivity index (χ2n) is 5.43. The molecule has 0 N–H and O–H groups in total. The van der Waals surface area contributed by atoms with Crippen LogP contribution in [0.3, 0.4) is 0 Å². The Balaban J connectivity index is 1.42. The summed E-state index contributed by atoms with van der Waals surface area (Å²) in [5.41, 5.74) is 0. The number of nitrogens with zero attached hydrogens (tertiary/aromatic N) is 6. The molecule has 0 atom stereocenters. The molecule has 0 aliphatic carbocycles. The van der Waals surface area contributed by atoms with Gasteiger partial charge in [0.2, 0.25) is 11.1 Å². The summed E-state index contributed by atoms with van der Waals surface area (Å²) in [6, 6.07) is 3.74. The molecule has 0 radical (unpaired) electrons. The lowest BCUT2D eigenvalue weighted by molar-refractivity contribution is -0.129. The summed E-state index contributed by atoms with van der Waals surface area (Å²) < 4.78 is 1.55. The fraction of sp³-hybridized carbons (Fsp3) is 0.500. The summed E-state index contributed by atoms with van der Waals surface area (Å²) >= 11 is 2.80. The quantitative estimate of drug-likeness (QED) is 0.540. The zero-order valence-electron chi connectivity index (χ0n) is 13.3. The number of Topliss-reactive ketones (excluding diaryl/α,β-unsaturated/α-hetero) is 1. The summed E-state index contributed by atoms with van der Waals surface area (Å²) in [4.78, 5) is 29.1. The zero-order valence-corrected chi connectivity index (χ0v) is 14.9. The fourth-order valence-electron chi connectivity index (χ4n) is 2.43. The van der Waals surface area contributed by atoms with Gasteiger partial charge in [-0.3, -0.25) is 14.5 Å². The van der Waals surface area contributed by atoms with E-state index in [0.29, 0.717) is 30.5 Å². The molecule has 3 rings (SSSR count). The Kier molecular flexibility index (Phi) is 5.59. The Morgan fingerprint density at radius 3 is 2.71 bits per heavy atom. The lowest BCUT2D eigenvalue weighted by Gasteiger charge is -2.34. The monoisotopic (exact) mass is 366 g/mol. The highest BCUT2D eigenvalue weighted by atomic mass is 32.2. The van der Waals surface area contributed by atoms with Crippen molar-refractivity contribution in [2.75, 3.05) is 38.5 Å². The van der Waals surface area contributed by atoms with Crippen LogP contribution in [0.1, 0.15) is 9.67 Å². The maximum absolute atomic E-state index is 12.3. The van der Waals surface area contributed by atoms with Crippen LogP contribution in [0.5, 0.6) is 0 Å². The van der Waals surface area contributed by atoms with Crippen LogP contribution in [0.2, 0.25) is 0 Å². The van der Waals surface area contributed by atoms with Gasteiger partial charge >= 0.3 is 0 Å². The van der Waals surface area contributed by atoms with Gasteiger partial charge in [-0.1, -0.05) is 17.8 Å². The lowest BCUT2D eigenvalue weighted by Crippen LogP contribution is -2.50. The van der Waals surface area contributed by atoms with Crippen molar-refractivity contribution in [2.24, 2.45) is 7.05 Å². The van der Waals surface area contributed by atoms with Gasteiger partial charge in [0, 0.05) is 33.2 Å². The molecule has 1 fully saturated rings. The number of rotatable bonds is 6. The third-order valence-corrected chi connectivity index (χ3v) is 5.70. The highest BCUT2D eigenvalue weighted by Gasteiger charge is 2.23. The number of thioether (sulfide) groups is 1. The number of carbonyl (C=O) groups excluding carboxylic acids is 2. The molecule has 3 heterocycles. The predicted molar refractivity (Wildman–Crippen MR) is 91.2 cm³/mol. The maximum Gasteiger partial charge on any atom is 0.233 e. The van der Waals surface area contributed by atoms with Crippen LogP contribution in [-0.4, -0.2) is 80.2 Å². The molecule has 1 amide bonds. The number of carbonyl (C=O) groups is 2. The second kappa shape index (κ2) is 7.86. The summed E-state index contributed by atoms with van der Waals surface area (Å²) in [7, 11) is 1.75. The van der Waals surface area contributed by atoms with E-state index in [2.05, 4.69) is 20.4 Å². The summed E-state index contributed by atoms with van der Waals surface area (Å²) in [5, 5.41) is 13.7. The minimum Gasteiger partial charge on any atom is -0.339 e. The summed E-state index contributed by atoms with van der Waals surface area (Å²) in [5.74, 6) is 0.546. The van der Waals surface area contributed by atoms with Crippen molar-refractivity contribution in [1.29, 1.82) is 0 Å². The van der Waals surface area contributed by atoms with E-state index in [4.69, 9.17) is 0 Å².